The fourth-order valence-electron chi connectivity index (χ4n) is 4.12. The van der Waals surface area contributed by atoms with E-state index in [1.807, 2.05) is 13.8 Å². The van der Waals surface area contributed by atoms with Crippen LogP contribution in [0.15, 0.2) is 48.5 Å². The largest absolute Gasteiger partial charge is 0.736 e. The number of phosphoric acid groups is 1. The van der Waals surface area contributed by atoms with Crippen molar-refractivity contribution in [3.8, 4) is 11.5 Å². The lowest BCUT2D eigenvalue weighted by molar-refractivity contribution is -0.929. The highest BCUT2D eigenvalue weighted by Crippen LogP contribution is 2.40. The van der Waals surface area contributed by atoms with Gasteiger partial charge in [0.05, 0.1) is 26.2 Å². The van der Waals surface area contributed by atoms with Gasteiger partial charge in [-0.2, -0.15) is 0 Å². The monoisotopic (exact) mass is 519 g/mol. The van der Waals surface area contributed by atoms with Crippen LogP contribution in [0.3, 0.4) is 0 Å². The van der Waals surface area contributed by atoms with Gasteiger partial charge in [0.1, 0.15) is 11.5 Å². The van der Waals surface area contributed by atoms with E-state index < -0.39 is 7.82 Å². The zero-order chi connectivity index (χ0) is 26.9. The summed E-state index contributed by atoms with van der Waals surface area (Å²) in [5.41, 5.74) is 2.04. The Bertz CT molecular complexity index is 779. The highest BCUT2D eigenvalue weighted by molar-refractivity contribution is 7.46. The first-order chi connectivity index (χ1) is 17.2. The number of benzene rings is 2. The number of hydrogen-bond acceptors (Lipinski definition) is 4. The van der Waals surface area contributed by atoms with Gasteiger partial charge in [-0.15, -0.1) is 0 Å². The van der Waals surface area contributed by atoms with E-state index >= 15 is 0 Å². The van der Waals surface area contributed by atoms with Gasteiger partial charge < -0.3 is 18.4 Å². The van der Waals surface area contributed by atoms with Crippen LogP contribution in [-0.2, 0) is 4.57 Å². The number of hydrogen-bond donors (Lipinski definition) is 0. The zero-order valence-electron chi connectivity index (χ0n) is 23.6. The molecule has 0 aliphatic heterocycles. The summed E-state index contributed by atoms with van der Waals surface area (Å²) >= 11 is 0. The highest BCUT2D eigenvalue weighted by Gasteiger charge is 2.24. The minimum atomic E-state index is -4.42. The molecule has 0 atom stereocenters. The van der Waals surface area contributed by atoms with Crippen LogP contribution in [0.1, 0.15) is 90.2 Å². The van der Waals surface area contributed by atoms with Gasteiger partial charge in [0.25, 0.3) is 0 Å². The topological polar surface area (TPSA) is 58.6 Å². The Morgan fingerprint density at radius 3 is 1.14 bits per heavy atom. The molecular formula is C30H50NO4P. The number of phosphoric ester groups is 1. The molecule has 0 radical (unpaired) electrons. The van der Waals surface area contributed by atoms with E-state index in [0.717, 1.165) is 11.1 Å². The first-order valence-corrected chi connectivity index (χ1v) is 15.3. The molecule has 36 heavy (non-hydrogen) atoms. The predicted octanol–water partition coefficient (Wildman–Crippen LogP) is 8.23. The standard InChI is InChI=1S/C16H36N.C14H15O4P/c1-5-9-13-17(14-10-6-2,15-11-7-3)16-12-8-4;1-11-3-7-13(8-4-11)17-19(15,16)18-14-9-5-12(2)6-10-14/h5-16H2,1-4H3;3-10H,1-2H3,(H,15,16)/q+1;/p-1. The zero-order valence-corrected chi connectivity index (χ0v) is 24.5. The summed E-state index contributed by atoms with van der Waals surface area (Å²) in [6.07, 6.45) is 11.1. The SMILES string of the molecule is CCCC[N+](CCCC)(CCCC)CCCC.Cc1ccc(OP(=O)([O-])Oc2ccc(C)cc2)cc1. The Morgan fingerprint density at radius 1 is 0.611 bits per heavy atom. The first-order valence-electron chi connectivity index (χ1n) is 13.9. The Labute approximate surface area is 221 Å². The molecule has 0 unspecified atom stereocenters. The van der Waals surface area contributed by atoms with E-state index in [0.29, 0.717) is 0 Å². The molecule has 0 aromatic heterocycles. The van der Waals surface area contributed by atoms with Crippen molar-refractivity contribution in [1.29, 1.82) is 0 Å². The van der Waals surface area contributed by atoms with Crippen LogP contribution < -0.4 is 13.9 Å². The summed E-state index contributed by atoms with van der Waals surface area (Å²) in [6, 6.07) is 13.4. The average Bonchev–Trinajstić information content (AvgIpc) is 2.86. The van der Waals surface area contributed by atoms with Crippen molar-refractivity contribution in [1.82, 2.24) is 0 Å². The predicted molar refractivity (Wildman–Crippen MR) is 151 cm³/mol. The molecule has 204 valence electrons. The van der Waals surface area contributed by atoms with Crippen LogP contribution >= 0.6 is 7.82 Å². The molecule has 0 aliphatic rings. The average molecular weight is 520 g/mol. The minimum absolute atomic E-state index is 0.232. The summed E-state index contributed by atoms with van der Waals surface area (Å²) in [6.45, 7) is 18.8. The van der Waals surface area contributed by atoms with Crippen molar-refractivity contribution in [3.05, 3.63) is 59.7 Å². The summed E-state index contributed by atoms with van der Waals surface area (Å²) in [4.78, 5) is 11.7. The van der Waals surface area contributed by atoms with Crippen LogP contribution in [0.4, 0.5) is 0 Å². The third-order valence-electron chi connectivity index (χ3n) is 6.42. The van der Waals surface area contributed by atoms with Gasteiger partial charge in [-0.25, -0.2) is 4.57 Å². The Kier molecular flexibility index (Phi) is 15.8. The molecular weight excluding hydrogens is 469 g/mol. The van der Waals surface area contributed by atoms with Crippen LogP contribution in [-0.4, -0.2) is 30.7 Å². The van der Waals surface area contributed by atoms with Gasteiger partial charge in [0, 0.05) is 0 Å². The van der Waals surface area contributed by atoms with Crippen molar-refractivity contribution in [3.63, 3.8) is 0 Å². The molecule has 2 aromatic carbocycles. The normalized spacial score (nSPS) is 11.5. The molecule has 0 spiro atoms. The lowest BCUT2D eigenvalue weighted by Gasteiger charge is -2.39. The second-order valence-electron chi connectivity index (χ2n) is 9.91. The number of quaternary nitrogens is 1. The molecule has 0 saturated heterocycles. The number of unbranched alkanes of at least 4 members (excludes halogenated alkanes) is 4. The second-order valence-corrected chi connectivity index (χ2v) is 11.2. The van der Waals surface area contributed by atoms with Crippen molar-refractivity contribution in [2.24, 2.45) is 0 Å². The van der Waals surface area contributed by atoms with E-state index in [-0.39, 0.29) is 11.5 Å². The maximum Gasteiger partial charge on any atom is 0.372 e. The van der Waals surface area contributed by atoms with Gasteiger partial charge >= 0.3 is 7.82 Å². The Morgan fingerprint density at radius 2 is 0.889 bits per heavy atom. The number of aryl methyl sites for hydroxylation is 2. The summed E-state index contributed by atoms with van der Waals surface area (Å²) in [5, 5.41) is 0. The van der Waals surface area contributed by atoms with Gasteiger partial charge in [-0.1, -0.05) is 88.8 Å². The molecule has 2 rings (SSSR count). The molecule has 5 nitrogen and oxygen atoms in total. The molecule has 0 heterocycles. The maximum absolute atomic E-state index is 11.7. The summed E-state index contributed by atoms with van der Waals surface area (Å²) in [5.74, 6) is 0.465. The Hall–Kier alpha value is -1.81. The fourth-order valence-corrected chi connectivity index (χ4v) is 4.92. The lowest BCUT2D eigenvalue weighted by atomic mass is 10.1. The van der Waals surface area contributed by atoms with E-state index in [4.69, 9.17) is 9.05 Å². The fraction of sp³-hybridized carbons (Fsp3) is 0.600. The maximum atomic E-state index is 11.7. The number of rotatable bonds is 16. The molecule has 0 N–H and O–H groups in total. The minimum Gasteiger partial charge on any atom is -0.736 e. The highest BCUT2D eigenvalue weighted by atomic mass is 31.2. The Balaban J connectivity index is 0.000000363. The summed E-state index contributed by atoms with van der Waals surface area (Å²) < 4.78 is 22.9. The molecule has 0 saturated carbocycles. The molecule has 0 bridgehead atoms. The van der Waals surface area contributed by atoms with Crippen LogP contribution in [0, 0.1) is 13.8 Å². The van der Waals surface area contributed by atoms with Gasteiger partial charge in [-0.3, -0.25) is 0 Å². The quantitative estimate of drug-likeness (QED) is 0.166. The third kappa shape index (κ3) is 13.5. The molecule has 0 amide bonds. The van der Waals surface area contributed by atoms with E-state index in [1.54, 1.807) is 48.5 Å². The molecule has 0 aliphatic carbocycles. The smallest absolute Gasteiger partial charge is 0.372 e. The first kappa shape index (κ1) is 32.2. The van der Waals surface area contributed by atoms with E-state index in [1.165, 1.54) is 82.0 Å². The van der Waals surface area contributed by atoms with Gasteiger partial charge in [0.2, 0.25) is 0 Å². The van der Waals surface area contributed by atoms with Crippen molar-refractivity contribution in [2.45, 2.75) is 92.9 Å². The van der Waals surface area contributed by atoms with Crippen molar-refractivity contribution < 1.29 is 23.0 Å². The van der Waals surface area contributed by atoms with Gasteiger partial charge in [-0.05, 0) is 63.8 Å². The summed E-state index contributed by atoms with van der Waals surface area (Å²) in [7, 11) is -4.42. The van der Waals surface area contributed by atoms with Crippen LogP contribution in [0.25, 0.3) is 0 Å². The molecule has 2 aromatic rings. The molecule has 0 fully saturated rings. The van der Waals surface area contributed by atoms with Crippen LogP contribution in [0.5, 0.6) is 11.5 Å². The van der Waals surface area contributed by atoms with Crippen molar-refractivity contribution >= 4 is 7.82 Å². The van der Waals surface area contributed by atoms with Gasteiger partial charge in [0.15, 0.2) is 0 Å². The number of nitrogens with zero attached hydrogens (tertiary/aromatic N) is 1. The van der Waals surface area contributed by atoms with E-state index in [9.17, 15) is 9.46 Å². The second kappa shape index (κ2) is 17.6. The third-order valence-corrected chi connectivity index (χ3v) is 7.29. The van der Waals surface area contributed by atoms with Crippen molar-refractivity contribution in [2.75, 3.05) is 26.2 Å². The lowest BCUT2D eigenvalue weighted by Crippen LogP contribution is -2.50. The van der Waals surface area contributed by atoms with E-state index in [2.05, 4.69) is 27.7 Å². The molecule has 6 heteroatoms. The van der Waals surface area contributed by atoms with Crippen LogP contribution in [0.2, 0.25) is 0 Å².